The summed E-state index contributed by atoms with van der Waals surface area (Å²) >= 11 is 0. The Morgan fingerprint density at radius 1 is 1.44 bits per heavy atom. The van der Waals surface area contributed by atoms with Gasteiger partial charge in [0.2, 0.25) is 5.91 Å². The number of carbonyl (C=O) groups excluding carboxylic acids is 1. The first kappa shape index (κ1) is 14.5. The molecule has 3 N–H and O–H groups in total. The first-order valence-electron chi connectivity index (χ1n) is 5.55. The second-order valence-electron chi connectivity index (χ2n) is 3.83. The van der Waals surface area contributed by atoms with Crippen molar-refractivity contribution in [3.63, 3.8) is 0 Å². The van der Waals surface area contributed by atoms with Gasteiger partial charge in [0.15, 0.2) is 0 Å². The highest BCUT2D eigenvalue weighted by atomic mass is 19.1. The van der Waals surface area contributed by atoms with Gasteiger partial charge in [-0.3, -0.25) is 4.79 Å². The highest BCUT2D eigenvalue weighted by Crippen LogP contribution is 2.18. The molecule has 1 aromatic rings. The molecule has 0 radical (unpaired) electrons. The van der Waals surface area contributed by atoms with Crippen molar-refractivity contribution in [2.75, 3.05) is 19.0 Å². The first-order valence-corrected chi connectivity index (χ1v) is 5.55. The Balaban J connectivity index is 2.58. The molecule has 0 aliphatic rings. The normalized spacial score (nSPS) is 12.2. The number of rotatable bonds is 6. The summed E-state index contributed by atoms with van der Waals surface area (Å²) in [6, 6.07) is 2.53. The van der Waals surface area contributed by atoms with Crippen molar-refractivity contribution < 1.29 is 18.3 Å². The zero-order chi connectivity index (χ0) is 13.5. The predicted molar refractivity (Wildman–Crippen MR) is 64.1 cm³/mol. The third-order valence-corrected chi connectivity index (χ3v) is 2.41. The van der Waals surface area contributed by atoms with Crippen molar-refractivity contribution >= 4 is 11.6 Å². The molecule has 0 aliphatic heterocycles. The monoisotopic (exact) mass is 258 g/mol. The Morgan fingerprint density at radius 3 is 2.61 bits per heavy atom. The summed E-state index contributed by atoms with van der Waals surface area (Å²) in [4.78, 5) is 11.6. The van der Waals surface area contributed by atoms with E-state index >= 15 is 0 Å². The number of amides is 1. The number of halogens is 2. The molecule has 1 aromatic carbocycles. The minimum atomic E-state index is -0.826. The molecule has 1 amide bonds. The van der Waals surface area contributed by atoms with Gasteiger partial charge < -0.3 is 15.8 Å². The zero-order valence-corrected chi connectivity index (χ0v) is 10.1. The van der Waals surface area contributed by atoms with Gasteiger partial charge in [-0.2, -0.15) is 0 Å². The highest BCUT2D eigenvalue weighted by molar-refractivity contribution is 5.94. The molecule has 18 heavy (non-hydrogen) atoms. The van der Waals surface area contributed by atoms with Crippen LogP contribution >= 0.6 is 0 Å². The standard InChI is InChI=1S/C12H16F2N2O2/c1-18-7-3-6-10(15)12(17)16-11-8(13)4-2-5-9(11)14/h2,4-5,10H,3,6-7,15H2,1H3,(H,16,17). The molecule has 0 aromatic heterocycles. The van der Waals surface area contributed by atoms with E-state index in [0.29, 0.717) is 19.4 Å². The number of hydrogen-bond acceptors (Lipinski definition) is 3. The van der Waals surface area contributed by atoms with Gasteiger partial charge in [0.25, 0.3) is 0 Å². The lowest BCUT2D eigenvalue weighted by molar-refractivity contribution is -0.117. The van der Waals surface area contributed by atoms with Crippen molar-refractivity contribution in [1.82, 2.24) is 0 Å². The van der Waals surface area contributed by atoms with Gasteiger partial charge >= 0.3 is 0 Å². The van der Waals surface area contributed by atoms with Gasteiger partial charge in [0, 0.05) is 13.7 Å². The predicted octanol–water partition coefficient (Wildman–Crippen LogP) is 1.66. The van der Waals surface area contributed by atoms with Gasteiger partial charge in [-0.25, -0.2) is 8.78 Å². The van der Waals surface area contributed by atoms with E-state index < -0.39 is 29.3 Å². The number of ether oxygens (including phenoxy) is 1. The molecule has 100 valence electrons. The summed E-state index contributed by atoms with van der Waals surface area (Å²) in [7, 11) is 1.54. The third kappa shape index (κ3) is 4.05. The summed E-state index contributed by atoms with van der Waals surface area (Å²) in [5.41, 5.74) is 5.13. The largest absolute Gasteiger partial charge is 0.385 e. The molecule has 0 fully saturated rings. The average molecular weight is 258 g/mol. The number of nitrogens with two attached hydrogens (primary N) is 1. The number of para-hydroxylation sites is 1. The highest BCUT2D eigenvalue weighted by Gasteiger charge is 2.17. The Morgan fingerprint density at radius 2 is 2.06 bits per heavy atom. The molecule has 4 nitrogen and oxygen atoms in total. The summed E-state index contributed by atoms with van der Waals surface area (Å²) in [5, 5.41) is 2.15. The maximum Gasteiger partial charge on any atom is 0.241 e. The van der Waals surface area contributed by atoms with Crippen LogP contribution in [0.4, 0.5) is 14.5 Å². The lowest BCUT2D eigenvalue weighted by Crippen LogP contribution is -2.36. The van der Waals surface area contributed by atoms with E-state index in [2.05, 4.69) is 5.32 Å². The van der Waals surface area contributed by atoms with E-state index in [-0.39, 0.29) is 0 Å². The Hall–Kier alpha value is -1.53. The number of nitrogens with one attached hydrogen (secondary N) is 1. The SMILES string of the molecule is COCCCC(N)C(=O)Nc1c(F)cccc1F. The molecule has 0 bridgehead atoms. The average Bonchev–Trinajstić information content (AvgIpc) is 2.34. The molecule has 1 rings (SSSR count). The van der Waals surface area contributed by atoms with Crippen molar-refractivity contribution in [1.29, 1.82) is 0 Å². The fourth-order valence-electron chi connectivity index (χ4n) is 1.41. The summed E-state index contributed by atoms with van der Waals surface area (Å²) in [5.74, 6) is -2.27. The Labute approximate surface area is 104 Å². The van der Waals surface area contributed by atoms with E-state index in [4.69, 9.17) is 10.5 Å². The molecular formula is C12H16F2N2O2. The second-order valence-corrected chi connectivity index (χ2v) is 3.83. The van der Waals surface area contributed by atoms with Crippen LogP contribution < -0.4 is 11.1 Å². The minimum absolute atomic E-state index is 0.385. The molecule has 0 saturated heterocycles. The minimum Gasteiger partial charge on any atom is -0.385 e. The van der Waals surface area contributed by atoms with E-state index in [1.54, 1.807) is 7.11 Å². The lowest BCUT2D eigenvalue weighted by atomic mass is 10.1. The van der Waals surface area contributed by atoms with E-state index in [9.17, 15) is 13.6 Å². The van der Waals surface area contributed by atoms with Crippen molar-refractivity contribution in [3.05, 3.63) is 29.8 Å². The van der Waals surface area contributed by atoms with Crippen LogP contribution in [0.3, 0.4) is 0 Å². The number of carbonyl (C=O) groups is 1. The lowest BCUT2D eigenvalue weighted by Gasteiger charge is -2.12. The van der Waals surface area contributed by atoms with Gasteiger partial charge in [-0.05, 0) is 25.0 Å². The van der Waals surface area contributed by atoms with Gasteiger partial charge in [-0.1, -0.05) is 6.07 Å². The van der Waals surface area contributed by atoms with Crippen LogP contribution in [0.1, 0.15) is 12.8 Å². The molecule has 1 atom stereocenters. The van der Waals surface area contributed by atoms with Crippen molar-refractivity contribution in [3.8, 4) is 0 Å². The second kappa shape index (κ2) is 7.03. The Bertz CT molecular complexity index is 393. The van der Waals surface area contributed by atoms with E-state index in [0.717, 1.165) is 12.1 Å². The summed E-state index contributed by atoms with van der Waals surface area (Å²) < 4.78 is 31.4. The van der Waals surface area contributed by atoms with Crippen molar-refractivity contribution in [2.24, 2.45) is 5.73 Å². The topological polar surface area (TPSA) is 64.3 Å². The molecule has 1 unspecified atom stereocenters. The van der Waals surface area contributed by atoms with E-state index in [1.165, 1.54) is 6.07 Å². The number of methoxy groups -OCH3 is 1. The molecule has 0 spiro atoms. The van der Waals surface area contributed by atoms with Crippen molar-refractivity contribution in [2.45, 2.75) is 18.9 Å². The van der Waals surface area contributed by atoms with Crippen LogP contribution in [0.5, 0.6) is 0 Å². The third-order valence-electron chi connectivity index (χ3n) is 2.41. The van der Waals surface area contributed by atoms with Crippen LogP contribution in [0.2, 0.25) is 0 Å². The van der Waals surface area contributed by atoms with Gasteiger partial charge in [0.1, 0.15) is 17.3 Å². The summed E-state index contributed by atoms with van der Waals surface area (Å²) in [6.45, 7) is 0.481. The number of benzene rings is 1. The number of hydrogen-bond donors (Lipinski definition) is 2. The van der Waals surface area contributed by atoms with Crippen LogP contribution in [0, 0.1) is 11.6 Å². The van der Waals surface area contributed by atoms with Crippen LogP contribution in [-0.4, -0.2) is 25.7 Å². The molecular weight excluding hydrogens is 242 g/mol. The van der Waals surface area contributed by atoms with Crippen LogP contribution in [0.25, 0.3) is 0 Å². The maximum absolute atomic E-state index is 13.3. The maximum atomic E-state index is 13.3. The quantitative estimate of drug-likeness (QED) is 0.763. The van der Waals surface area contributed by atoms with Gasteiger partial charge in [0.05, 0.1) is 6.04 Å². The summed E-state index contributed by atoms with van der Waals surface area (Å²) in [6.07, 6.45) is 0.987. The van der Waals surface area contributed by atoms with Crippen LogP contribution in [0.15, 0.2) is 18.2 Å². The molecule has 0 heterocycles. The first-order chi connectivity index (χ1) is 8.56. The smallest absolute Gasteiger partial charge is 0.241 e. The number of anilines is 1. The fraction of sp³-hybridized carbons (Fsp3) is 0.417. The van der Waals surface area contributed by atoms with E-state index in [1.807, 2.05) is 0 Å². The molecule has 0 saturated carbocycles. The molecule has 6 heteroatoms. The van der Waals surface area contributed by atoms with Crippen LogP contribution in [-0.2, 0) is 9.53 Å². The Kier molecular flexibility index (Phi) is 5.67. The fourth-order valence-corrected chi connectivity index (χ4v) is 1.41. The molecule has 0 aliphatic carbocycles. The van der Waals surface area contributed by atoms with Gasteiger partial charge in [-0.15, -0.1) is 0 Å². The zero-order valence-electron chi connectivity index (χ0n) is 10.1.